The SMILES string of the molecule is COc1cc(C(N)Cc2cccc(F)c2F)ccc1F. The highest BCUT2D eigenvalue weighted by Crippen LogP contribution is 2.24. The topological polar surface area (TPSA) is 35.2 Å². The summed E-state index contributed by atoms with van der Waals surface area (Å²) in [4.78, 5) is 0. The van der Waals surface area contributed by atoms with E-state index in [9.17, 15) is 13.2 Å². The number of halogens is 3. The summed E-state index contributed by atoms with van der Waals surface area (Å²) >= 11 is 0. The number of nitrogens with two attached hydrogens (primary N) is 1. The lowest BCUT2D eigenvalue weighted by Crippen LogP contribution is -2.14. The predicted octanol–water partition coefficient (Wildman–Crippen LogP) is 3.36. The Balaban J connectivity index is 2.24. The molecule has 0 aliphatic rings. The summed E-state index contributed by atoms with van der Waals surface area (Å²) in [5, 5.41) is 0. The first-order chi connectivity index (χ1) is 9.52. The van der Waals surface area contributed by atoms with E-state index in [-0.39, 0.29) is 17.7 Å². The van der Waals surface area contributed by atoms with Gasteiger partial charge in [0.25, 0.3) is 0 Å². The summed E-state index contributed by atoms with van der Waals surface area (Å²) in [6, 6.07) is 7.55. The molecule has 2 aromatic carbocycles. The lowest BCUT2D eigenvalue weighted by molar-refractivity contribution is 0.385. The highest BCUT2D eigenvalue weighted by molar-refractivity contribution is 5.33. The molecule has 2 nitrogen and oxygen atoms in total. The van der Waals surface area contributed by atoms with Gasteiger partial charge in [0.1, 0.15) is 0 Å². The molecular formula is C15H14F3NO. The van der Waals surface area contributed by atoms with Gasteiger partial charge in [-0.15, -0.1) is 0 Å². The van der Waals surface area contributed by atoms with Crippen LogP contribution in [0.15, 0.2) is 36.4 Å². The lowest BCUT2D eigenvalue weighted by Gasteiger charge is -2.14. The van der Waals surface area contributed by atoms with Crippen LogP contribution in [0.5, 0.6) is 5.75 Å². The van der Waals surface area contributed by atoms with Gasteiger partial charge in [0, 0.05) is 6.04 Å². The third-order valence-corrected chi connectivity index (χ3v) is 3.07. The van der Waals surface area contributed by atoms with Gasteiger partial charge in [0.05, 0.1) is 7.11 Å². The maximum Gasteiger partial charge on any atom is 0.165 e. The average molecular weight is 281 g/mol. The molecule has 1 unspecified atom stereocenters. The van der Waals surface area contributed by atoms with Gasteiger partial charge in [0.15, 0.2) is 23.2 Å². The van der Waals surface area contributed by atoms with E-state index in [2.05, 4.69) is 0 Å². The number of ether oxygens (including phenoxy) is 1. The van der Waals surface area contributed by atoms with Gasteiger partial charge < -0.3 is 10.5 Å². The minimum atomic E-state index is -0.911. The van der Waals surface area contributed by atoms with Crippen LogP contribution in [0.4, 0.5) is 13.2 Å². The predicted molar refractivity (Wildman–Crippen MR) is 69.9 cm³/mol. The molecule has 0 spiro atoms. The number of methoxy groups -OCH3 is 1. The Bertz CT molecular complexity index is 616. The van der Waals surface area contributed by atoms with Gasteiger partial charge in [-0.05, 0) is 35.7 Å². The molecule has 1 atom stereocenters. The van der Waals surface area contributed by atoms with Crippen LogP contribution in [-0.4, -0.2) is 7.11 Å². The van der Waals surface area contributed by atoms with Crippen LogP contribution < -0.4 is 10.5 Å². The molecule has 0 aromatic heterocycles. The van der Waals surface area contributed by atoms with Crippen LogP contribution >= 0.6 is 0 Å². The van der Waals surface area contributed by atoms with Crippen LogP contribution in [0.25, 0.3) is 0 Å². The second-order valence-electron chi connectivity index (χ2n) is 4.42. The quantitative estimate of drug-likeness (QED) is 0.932. The zero-order chi connectivity index (χ0) is 14.7. The molecule has 0 fully saturated rings. The summed E-state index contributed by atoms with van der Waals surface area (Å²) in [5.41, 5.74) is 6.72. The van der Waals surface area contributed by atoms with E-state index in [4.69, 9.17) is 10.5 Å². The first kappa shape index (κ1) is 14.4. The van der Waals surface area contributed by atoms with Crippen molar-refractivity contribution in [2.45, 2.75) is 12.5 Å². The van der Waals surface area contributed by atoms with Crippen LogP contribution in [0.1, 0.15) is 17.2 Å². The van der Waals surface area contributed by atoms with E-state index in [1.165, 1.54) is 37.4 Å². The van der Waals surface area contributed by atoms with E-state index in [0.717, 1.165) is 6.07 Å². The molecule has 0 radical (unpaired) electrons. The minimum Gasteiger partial charge on any atom is -0.494 e. The highest BCUT2D eigenvalue weighted by atomic mass is 19.2. The molecule has 0 aliphatic carbocycles. The number of rotatable bonds is 4. The largest absolute Gasteiger partial charge is 0.494 e. The maximum atomic E-state index is 13.6. The van der Waals surface area contributed by atoms with Crippen molar-refractivity contribution in [3.8, 4) is 5.75 Å². The van der Waals surface area contributed by atoms with Crippen molar-refractivity contribution in [3.63, 3.8) is 0 Å². The molecule has 2 rings (SSSR count). The zero-order valence-electron chi connectivity index (χ0n) is 10.9. The monoisotopic (exact) mass is 281 g/mol. The van der Waals surface area contributed by atoms with Crippen molar-refractivity contribution in [2.75, 3.05) is 7.11 Å². The number of hydrogen-bond acceptors (Lipinski definition) is 2. The molecule has 20 heavy (non-hydrogen) atoms. The normalized spacial score (nSPS) is 12.2. The molecule has 106 valence electrons. The average Bonchev–Trinajstić information content (AvgIpc) is 2.44. The molecule has 0 bridgehead atoms. The van der Waals surface area contributed by atoms with Crippen molar-refractivity contribution >= 4 is 0 Å². The van der Waals surface area contributed by atoms with E-state index in [1.807, 2.05) is 0 Å². The highest BCUT2D eigenvalue weighted by Gasteiger charge is 2.14. The van der Waals surface area contributed by atoms with Gasteiger partial charge in [-0.25, -0.2) is 13.2 Å². The Morgan fingerprint density at radius 2 is 1.85 bits per heavy atom. The fraction of sp³-hybridized carbons (Fsp3) is 0.200. The summed E-state index contributed by atoms with van der Waals surface area (Å²) in [5.74, 6) is -2.25. The molecule has 0 heterocycles. The van der Waals surface area contributed by atoms with Crippen molar-refractivity contribution in [1.29, 1.82) is 0 Å². The summed E-state index contributed by atoms with van der Waals surface area (Å²) in [6.45, 7) is 0. The van der Waals surface area contributed by atoms with E-state index in [0.29, 0.717) is 5.56 Å². The Kier molecular flexibility index (Phi) is 4.29. The zero-order valence-corrected chi connectivity index (χ0v) is 10.9. The Hall–Kier alpha value is -2.01. The molecule has 2 aromatic rings. The van der Waals surface area contributed by atoms with Crippen LogP contribution in [0.3, 0.4) is 0 Å². The van der Waals surface area contributed by atoms with Gasteiger partial charge in [-0.1, -0.05) is 18.2 Å². The van der Waals surface area contributed by atoms with Gasteiger partial charge in [0.2, 0.25) is 0 Å². The van der Waals surface area contributed by atoms with Crippen molar-refractivity contribution < 1.29 is 17.9 Å². The molecule has 0 saturated heterocycles. The molecule has 0 aliphatic heterocycles. The van der Waals surface area contributed by atoms with Crippen molar-refractivity contribution in [1.82, 2.24) is 0 Å². The van der Waals surface area contributed by atoms with E-state index < -0.39 is 23.5 Å². The smallest absolute Gasteiger partial charge is 0.165 e. The minimum absolute atomic E-state index is 0.0673. The number of benzene rings is 2. The molecule has 0 amide bonds. The lowest BCUT2D eigenvalue weighted by atomic mass is 9.99. The van der Waals surface area contributed by atoms with Gasteiger partial charge >= 0.3 is 0 Å². The fourth-order valence-electron chi connectivity index (χ4n) is 1.97. The molecule has 2 N–H and O–H groups in total. The van der Waals surface area contributed by atoms with Crippen LogP contribution in [0, 0.1) is 17.5 Å². The van der Waals surface area contributed by atoms with Gasteiger partial charge in [-0.2, -0.15) is 0 Å². The summed E-state index contributed by atoms with van der Waals surface area (Å²) in [7, 11) is 1.35. The third kappa shape index (κ3) is 2.93. The first-order valence-corrected chi connectivity index (χ1v) is 6.05. The third-order valence-electron chi connectivity index (χ3n) is 3.07. The van der Waals surface area contributed by atoms with Crippen molar-refractivity contribution in [3.05, 3.63) is 65.0 Å². The summed E-state index contributed by atoms with van der Waals surface area (Å²) < 4.78 is 44.9. The second-order valence-corrected chi connectivity index (χ2v) is 4.42. The fourth-order valence-corrected chi connectivity index (χ4v) is 1.97. The standard InChI is InChI=1S/C15H14F3NO/c1-20-14-8-9(5-6-11(14)16)13(19)7-10-3-2-4-12(17)15(10)18/h2-6,8,13H,7,19H2,1H3. The van der Waals surface area contributed by atoms with Crippen LogP contribution in [-0.2, 0) is 6.42 Å². The molecule has 5 heteroatoms. The Labute approximate surface area is 115 Å². The number of hydrogen-bond donors (Lipinski definition) is 1. The summed E-state index contributed by atoms with van der Waals surface area (Å²) in [6.07, 6.45) is 0.110. The van der Waals surface area contributed by atoms with E-state index >= 15 is 0 Å². The Morgan fingerprint density at radius 3 is 2.55 bits per heavy atom. The van der Waals surface area contributed by atoms with Crippen LogP contribution in [0.2, 0.25) is 0 Å². The second kappa shape index (κ2) is 5.96. The van der Waals surface area contributed by atoms with Gasteiger partial charge in [-0.3, -0.25) is 0 Å². The molecule has 0 saturated carbocycles. The van der Waals surface area contributed by atoms with Crippen molar-refractivity contribution in [2.24, 2.45) is 5.73 Å². The first-order valence-electron chi connectivity index (χ1n) is 6.05. The Morgan fingerprint density at radius 1 is 1.10 bits per heavy atom. The molecular weight excluding hydrogens is 267 g/mol. The van der Waals surface area contributed by atoms with E-state index in [1.54, 1.807) is 0 Å². The maximum absolute atomic E-state index is 13.6.